The van der Waals surface area contributed by atoms with Crippen molar-refractivity contribution in [3.63, 3.8) is 0 Å². The highest BCUT2D eigenvalue weighted by atomic mass is 16.5. The number of carbonyl (C=O) groups is 1. The highest BCUT2D eigenvalue weighted by Gasteiger charge is 2.25. The van der Waals surface area contributed by atoms with Gasteiger partial charge in [-0.05, 0) is 38.7 Å². The molecule has 1 aliphatic heterocycles. The zero-order chi connectivity index (χ0) is 19.1. The zero-order valence-corrected chi connectivity index (χ0v) is 16.3. The summed E-state index contributed by atoms with van der Waals surface area (Å²) in [5, 5.41) is 0. The molecule has 1 aliphatic rings. The van der Waals surface area contributed by atoms with E-state index in [9.17, 15) is 4.79 Å². The molecule has 5 heteroatoms. The maximum atomic E-state index is 12.6. The van der Waals surface area contributed by atoms with Crippen LogP contribution in [0.4, 0.5) is 5.69 Å². The number of ether oxygens (including phenoxy) is 1. The first-order valence-electron chi connectivity index (χ1n) is 9.56. The lowest BCUT2D eigenvalue weighted by Gasteiger charge is -2.34. The van der Waals surface area contributed by atoms with Crippen molar-refractivity contribution in [2.75, 3.05) is 51.8 Å². The van der Waals surface area contributed by atoms with Gasteiger partial charge in [0.1, 0.15) is 5.75 Å². The average Bonchev–Trinajstić information content (AvgIpc) is 2.67. The summed E-state index contributed by atoms with van der Waals surface area (Å²) in [6.45, 7) is 4.46. The second-order valence-electron chi connectivity index (χ2n) is 7.20. The zero-order valence-electron chi connectivity index (χ0n) is 16.3. The third kappa shape index (κ3) is 5.55. The summed E-state index contributed by atoms with van der Waals surface area (Å²) < 4.78 is 6.00. The lowest BCUT2D eigenvalue weighted by Crippen LogP contribution is -2.50. The van der Waals surface area contributed by atoms with Crippen LogP contribution < -0.4 is 9.64 Å². The molecule has 2 aromatic carbocycles. The van der Waals surface area contributed by atoms with Crippen molar-refractivity contribution in [2.45, 2.75) is 13.0 Å². The van der Waals surface area contributed by atoms with Crippen molar-refractivity contribution in [1.82, 2.24) is 9.80 Å². The quantitative estimate of drug-likeness (QED) is 0.672. The Bertz CT molecular complexity index is 733. The Hall–Kier alpha value is -2.37. The predicted molar refractivity (Wildman–Crippen MR) is 109 cm³/mol. The molecule has 144 valence electrons. The number of benzene rings is 2. The van der Waals surface area contributed by atoms with Crippen LogP contribution in [0.15, 0.2) is 54.6 Å². The maximum Gasteiger partial charge on any atom is 0.241 e. The van der Waals surface area contributed by atoms with Crippen LogP contribution in [-0.2, 0) is 11.3 Å². The summed E-state index contributed by atoms with van der Waals surface area (Å²) in [6.07, 6.45) is 0.996. The number of nitrogens with zero attached hydrogens (tertiary/aromatic N) is 3. The summed E-state index contributed by atoms with van der Waals surface area (Å²) in [7, 11) is 4.14. The van der Waals surface area contributed by atoms with Gasteiger partial charge in [-0.3, -0.25) is 9.69 Å². The Morgan fingerprint density at radius 3 is 2.48 bits per heavy atom. The van der Waals surface area contributed by atoms with Gasteiger partial charge in [0.05, 0.1) is 13.2 Å². The third-order valence-electron chi connectivity index (χ3n) is 4.74. The molecule has 0 N–H and O–H groups in total. The van der Waals surface area contributed by atoms with E-state index < -0.39 is 0 Å². The number of rotatable bonds is 8. The summed E-state index contributed by atoms with van der Waals surface area (Å²) in [6, 6.07) is 18.0. The topological polar surface area (TPSA) is 36.0 Å². The van der Waals surface area contributed by atoms with E-state index in [4.69, 9.17) is 4.74 Å². The minimum Gasteiger partial charge on any atom is -0.493 e. The molecule has 0 bridgehead atoms. The third-order valence-corrected chi connectivity index (χ3v) is 4.74. The predicted octanol–water partition coefficient (Wildman–Crippen LogP) is 2.87. The van der Waals surface area contributed by atoms with E-state index in [-0.39, 0.29) is 5.91 Å². The van der Waals surface area contributed by atoms with E-state index in [1.54, 1.807) is 0 Å². The van der Waals surface area contributed by atoms with Crippen molar-refractivity contribution < 1.29 is 9.53 Å². The first-order chi connectivity index (χ1) is 13.1. The van der Waals surface area contributed by atoms with Gasteiger partial charge in [-0.15, -0.1) is 0 Å². The van der Waals surface area contributed by atoms with E-state index in [1.807, 2.05) is 53.4 Å². The Morgan fingerprint density at radius 2 is 1.74 bits per heavy atom. The number of para-hydroxylation sites is 2. The molecule has 27 heavy (non-hydrogen) atoms. The van der Waals surface area contributed by atoms with Gasteiger partial charge in [-0.2, -0.15) is 0 Å². The van der Waals surface area contributed by atoms with Gasteiger partial charge in [0.25, 0.3) is 0 Å². The minimum absolute atomic E-state index is 0.150. The van der Waals surface area contributed by atoms with Gasteiger partial charge in [0, 0.05) is 37.4 Å². The fourth-order valence-electron chi connectivity index (χ4n) is 3.32. The minimum atomic E-state index is 0.150. The lowest BCUT2D eigenvalue weighted by molar-refractivity contribution is -0.121. The SMILES string of the molecule is CN(C)CCCOc1ccccc1CN1CCN(c2ccccc2)C(=O)C1. The molecule has 0 spiro atoms. The summed E-state index contributed by atoms with van der Waals surface area (Å²) >= 11 is 0. The van der Waals surface area contributed by atoms with E-state index in [1.165, 1.54) is 0 Å². The molecule has 1 fully saturated rings. The molecule has 0 radical (unpaired) electrons. The molecule has 0 atom stereocenters. The fourth-order valence-corrected chi connectivity index (χ4v) is 3.32. The molecule has 1 saturated heterocycles. The molecule has 1 amide bonds. The molecule has 0 saturated carbocycles. The Labute approximate surface area is 162 Å². The fraction of sp³-hybridized carbons (Fsp3) is 0.409. The number of piperazine rings is 1. The molecule has 5 nitrogen and oxygen atoms in total. The van der Waals surface area contributed by atoms with Crippen molar-refractivity contribution >= 4 is 11.6 Å². The van der Waals surface area contributed by atoms with Crippen LogP contribution in [0.3, 0.4) is 0 Å². The standard InChI is InChI=1S/C22H29N3O2/c1-23(2)13-8-16-27-21-12-7-6-9-19(21)17-24-14-15-25(22(26)18-24)20-10-4-3-5-11-20/h3-7,9-12H,8,13-18H2,1-2H3. The summed E-state index contributed by atoms with van der Waals surface area (Å²) in [4.78, 5) is 18.8. The van der Waals surface area contributed by atoms with E-state index in [2.05, 4.69) is 30.0 Å². The Balaban J connectivity index is 1.56. The van der Waals surface area contributed by atoms with E-state index in [0.29, 0.717) is 19.7 Å². The number of hydrogen-bond donors (Lipinski definition) is 0. The van der Waals surface area contributed by atoms with Gasteiger partial charge in [0.2, 0.25) is 5.91 Å². The highest BCUT2D eigenvalue weighted by molar-refractivity contribution is 5.95. The van der Waals surface area contributed by atoms with Crippen LogP contribution in [-0.4, -0.2) is 62.6 Å². The number of carbonyl (C=O) groups excluding carboxylic acids is 1. The highest BCUT2D eigenvalue weighted by Crippen LogP contribution is 2.22. The summed E-state index contributed by atoms with van der Waals surface area (Å²) in [5.41, 5.74) is 2.12. The number of amides is 1. The van der Waals surface area contributed by atoms with Crippen molar-refractivity contribution in [1.29, 1.82) is 0 Å². The molecular formula is C22H29N3O2. The van der Waals surface area contributed by atoms with Gasteiger partial charge in [-0.25, -0.2) is 0 Å². The monoisotopic (exact) mass is 367 g/mol. The smallest absolute Gasteiger partial charge is 0.241 e. The molecular weight excluding hydrogens is 338 g/mol. The van der Waals surface area contributed by atoms with Gasteiger partial charge in [0.15, 0.2) is 0 Å². The molecule has 1 heterocycles. The Morgan fingerprint density at radius 1 is 1.00 bits per heavy atom. The van der Waals surface area contributed by atoms with Crippen LogP contribution in [0.2, 0.25) is 0 Å². The molecule has 0 unspecified atom stereocenters. The average molecular weight is 367 g/mol. The first-order valence-corrected chi connectivity index (χ1v) is 9.56. The van der Waals surface area contributed by atoms with Crippen LogP contribution in [0, 0.1) is 0 Å². The molecule has 0 aromatic heterocycles. The van der Waals surface area contributed by atoms with Crippen LogP contribution in [0.1, 0.15) is 12.0 Å². The van der Waals surface area contributed by atoms with E-state index >= 15 is 0 Å². The number of anilines is 1. The van der Waals surface area contributed by atoms with Gasteiger partial charge >= 0.3 is 0 Å². The van der Waals surface area contributed by atoms with Gasteiger partial charge < -0.3 is 14.5 Å². The molecule has 2 aromatic rings. The largest absolute Gasteiger partial charge is 0.493 e. The second kappa shape index (κ2) is 9.53. The van der Waals surface area contributed by atoms with E-state index in [0.717, 1.165) is 43.1 Å². The van der Waals surface area contributed by atoms with Crippen molar-refractivity contribution in [3.8, 4) is 5.75 Å². The van der Waals surface area contributed by atoms with Gasteiger partial charge in [-0.1, -0.05) is 36.4 Å². The summed E-state index contributed by atoms with van der Waals surface area (Å²) in [5.74, 6) is 1.08. The lowest BCUT2D eigenvalue weighted by atomic mass is 10.1. The van der Waals surface area contributed by atoms with Crippen LogP contribution in [0.25, 0.3) is 0 Å². The maximum absolute atomic E-state index is 12.6. The van der Waals surface area contributed by atoms with Crippen molar-refractivity contribution in [2.24, 2.45) is 0 Å². The van der Waals surface area contributed by atoms with Crippen molar-refractivity contribution in [3.05, 3.63) is 60.2 Å². The first kappa shape index (κ1) is 19.4. The van der Waals surface area contributed by atoms with Crippen LogP contribution >= 0.6 is 0 Å². The second-order valence-corrected chi connectivity index (χ2v) is 7.20. The number of hydrogen-bond acceptors (Lipinski definition) is 4. The van der Waals surface area contributed by atoms with Crippen LogP contribution in [0.5, 0.6) is 5.75 Å². The molecule has 0 aliphatic carbocycles. The molecule has 3 rings (SSSR count). The Kier molecular flexibility index (Phi) is 6.85. The normalized spacial score (nSPS) is 15.4.